The Bertz CT molecular complexity index is 347. The van der Waals surface area contributed by atoms with Crippen LogP contribution >= 0.6 is 27.3 Å². The Kier molecular flexibility index (Phi) is 3.77. The van der Waals surface area contributed by atoms with Crippen molar-refractivity contribution >= 4 is 33.2 Å². The highest BCUT2D eigenvalue weighted by molar-refractivity contribution is 9.10. The average molecular weight is 289 g/mol. The van der Waals surface area contributed by atoms with Gasteiger partial charge in [0.2, 0.25) is 0 Å². The Morgan fingerprint density at radius 1 is 1.67 bits per heavy atom. The summed E-state index contributed by atoms with van der Waals surface area (Å²) in [7, 11) is 0. The Morgan fingerprint density at radius 2 is 2.53 bits per heavy atom. The smallest absolute Gasteiger partial charge is 0.262 e. The molecule has 0 aliphatic carbocycles. The molecule has 2 heterocycles. The van der Waals surface area contributed by atoms with Gasteiger partial charge in [0.25, 0.3) is 5.91 Å². The highest BCUT2D eigenvalue weighted by atomic mass is 79.9. The third kappa shape index (κ3) is 2.80. The van der Waals surface area contributed by atoms with Gasteiger partial charge in [-0.25, -0.2) is 0 Å². The first-order chi connectivity index (χ1) is 7.27. The first-order valence-electron chi connectivity index (χ1n) is 5.02. The van der Waals surface area contributed by atoms with E-state index in [-0.39, 0.29) is 11.9 Å². The largest absolute Gasteiger partial charge is 0.347 e. The molecule has 1 unspecified atom stereocenters. The second-order valence-electron chi connectivity index (χ2n) is 3.61. The number of amides is 1. The first-order valence-corrected chi connectivity index (χ1v) is 6.69. The highest BCUT2D eigenvalue weighted by Gasteiger charge is 2.18. The second-order valence-corrected chi connectivity index (χ2v) is 5.38. The van der Waals surface area contributed by atoms with Crippen molar-refractivity contribution in [3.63, 3.8) is 0 Å². The second kappa shape index (κ2) is 5.09. The molecule has 15 heavy (non-hydrogen) atoms. The van der Waals surface area contributed by atoms with Crippen molar-refractivity contribution in [3.8, 4) is 0 Å². The van der Waals surface area contributed by atoms with Gasteiger partial charge in [-0.1, -0.05) is 0 Å². The topological polar surface area (TPSA) is 41.1 Å². The Morgan fingerprint density at radius 3 is 3.13 bits per heavy atom. The van der Waals surface area contributed by atoms with Gasteiger partial charge in [0, 0.05) is 17.1 Å². The van der Waals surface area contributed by atoms with Crippen molar-refractivity contribution in [2.75, 3.05) is 13.1 Å². The van der Waals surface area contributed by atoms with E-state index in [1.165, 1.54) is 11.3 Å². The summed E-state index contributed by atoms with van der Waals surface area (Å²) >= 11 is 4.83. The molecule has 1 atom stereocenters. The monoisotopic (exact) mass is 288 g/mol. The quantitative estimate of drug-likeness (QED) is 0.874. The molecule has 1 fully saturated rings. The Labute approximate surface area is 101 Å². The molecule has 0 radical (unpaired) electrons. The minimum Gasteiger partial charge on any atom is -0.347 e. The van der Waals surface area contributed by atoms with Crippen LogP contribution in [0.5, 0.6) is 0 Å². The van der Waals surface area contributed by atoms with Crippen LogP contribution in [0, 0.1) is 0 Å². The summed E-state index contributed by atoms with van der Waals surface area (Å²) in [6.07, 6.45) is 2.21. The van der Waals surface area contributed by atoms with Crippen molar-refractivity contribution in [2.24, 2.45) is 0 Å². The van der Waals surface area contributed by atoms with Gasteiger partial charge in [0.1, 0.15) is 4.88 Å². The lowest BCUT2D eigenvalue weighted by molar-refractivity contribution is 0.0934. The van der Waals surface area contributed by atoms with Crippen molar-refractivity contribution < 1.29 is 4.79 Å². The summed E-state index contributed by atoms with van der Waals surface area (Å²) < 4.78 is 0.883. The van der Waals surface area contributed by atoms with Crippen molar-refractivity contribution in [1.29, 1.82) is 0 Å². The normalized spacial score (nSPS) is 21.3. The van der Waals surface area contributed by atoms with Crippen LogP contribution in [-0.2, 0) is 0 Å². The molecule has 1 saturated heterocycles. The van der Waals surface area contributed by atoms with Crippen LogP contribution in [0.15, 0.2) is 15.9 Å². The molecule has 1 aliphatic rings. The van der Waals surface area contributed by atoms with E-state index in [4.69, 9.17) is 0 Å². The van der Waals surface area contributed by atoms with E-state index in [2.05, 4.69) is 26.6 Å². The molecule has 3 nitrogen and oxygen atoms in total. The molecular formula is C10H13BrN2OS. The number of carbonyl (C=O) groups excluding carboxylic acids is 1. The number of hydrogen-bond donors (Lipinski definition) is 2. The lowest BCUT2D eigenvalue weighted by atomic mass is 10.1. The summed E-state index contributed by atoms with van der Waals surface area (Å²) in [5.74, 6) is 0.0329. The minimum absolute atomic E-state index is 0.0329. The van der Waals surface area contributed by atoms with Gasteiger partial charge in [-0.2, -0.15) is 0 Å². The fourth-order valence-corrected chi connectivity index (χ4v) is 3.14. The van der Waals surface area contributed by atoms with Crippen LogP contribution < -0.4 is 10.6 Å². The van der Waals surface area contributed by atoms with Gasteiger partial charge in [0.15, 0.2) is 0 Å². The van der Waals surface area contributed by atoms with Crippen LogP contribution in [0.3, 0.4) is 0 Å². The molecule has 1 aromatic heterocycles. The van der Waals surface area contributed by atoms with E-state index in [0.717, 1.165) is 35.3 Å². The molecule has 5 heteroatoms. The van der Waals surface area contributed by atoms with E-state index in [9.17, 15) is 4.79 Å². The number of thiophene rings is 1. The molecule has 0 aromatic carbocycles. The van der Waals surface area contributed by atoms with Gasteiger partial charge >= 0.3 is 0 Å². The molecule has 0 spiro atoms. The number of halogens is 1. The molecule has 2 rings (SSSR count). The van der Waals surface area contributed by atoms with Crippen molar-refractivity contribution in [2.45, 2.75) is 18.9 Å². The number of piperidine rings is 1. The van der Waals surface area contributed by atoms with Gasteiger partial charge in [-0.05, 0) is 46.8 Å². The zero-order chi connectivity index (χ0) is 10.7. The average Bonchev–Trinajstić information content (AvgIpc) is 2.66. The molecule has 1 aromatic rings. The maximum absolute atomic E-state index is 11.8. The molecular weight excluding hydrogens is 276 g/mol. The van der Waals surface area contributed by atoms with Crippen LogP contribution in [0.25, 0.3) is 0 Å². The predicted molar refractivity (Wildman–Crippen MR) is 65.4 cm³/mol. The first kappa shape index (κ1) is 11.1. The molecule has 1 aliphatic heterocycles. The zero-order valence-corrected chi connectivity index (χ0v) is 10.7. The predicted octanol–water partition coefficient (Wildman–Crippen LogP) is 1.99. The summed E-state index contributed by atoms with van der Waals surface area (Å²) in [6.45, 7) is 1.95. The van der Waals surface area contributed by atoms with Crippen LogP contribution in [0.2, 0.25) is 0 Å². The molecule has 0 bridgehead atoms. The Balaban J connectivity index is 1.94. The summed E-state index contributed by atoms with van der Waals surface area (Å²) in [5.41, 5.74) is 0. The number of carbonyl (C=O) groups is 1. The van der Waals surface area contributed by atoms with Crippen molar-refractivity contribution in [1.82, 2.24) is 10.6 Å². The van der Waals surface area contributed by atoms with E-state index in [1.807, 2.05) is 11.4 Å². The lowest BCUT2D eigenvalue weighted by Gasteiger charge is -2.23. The maximum atomic E-state index is 11.8. The fraction of sp³-hybridized carbons (Fsp3) is 0.500. The van der Waals surface area contributed by atoms with Crippen molar-refractivity contribution in [3.05, 3.63) is 20.8 Å². The lowest BCUT2D eigenvalue weighted by Crippen LogP contribution is -2.45. The van der Waals surface area contributed by atoms with Crippen LogP contribution in [0.1, 0.15) is 22.5 Å². The van der Waals surface area contributed by atoms with E-state index >= 15 is 0 Å². The zero-order valence-electron chi connectivity index (χ0n) is 8.25. The van der Waals surface area contributed by atoms with Gasteiger partial charge in [0.05, 0.1) is 0 Å². The van der Waals surface area contributed by atoms with E-state index < -0.39 is 0 Å². The third-order valence-electron chi connectivity index (χ3n) is 2.46. The van der Waals surface area contributed by atoms with Crippen LogP contribution in [-0.4, -0.2) is 25.0 Å². The standard InChI is InChI=1S/C10H13BrN2OS/c11-8-3-5-15-9(8)10(14)13-7-2-1-4-12-6-7/h3,5,7,12H,1-2,4,6H2,(H,13,14). The number of hydrogen-bond acceptors (Lipinski definition) is 3. The van der Waals surface area contributed by atoms with E-state index in [1.54, 1.807) is 0 Å². The Hall–Kier alpha value is -0.390. The minimum atomic E-state index is 0.0329. The number of rotatable bonds is 2. The van der Waals surface area contributed by atoms with Gasteiger partial charge in [-0.3, -0.25) is 4.79 Å². The summed E-state index contributed by atoms with van der Waals surface area (Å²) in [6, 6.07) is 2.18. The maximum Gasteiger partial charge on any atom is 0.262 e. The summed E-state index contributed by atoms with van der Waals surface area (Å²) in [4.78, 5) is 12.6. The van der Waals surface area contributed by atoms with E-state index in [0.29, 0.717) is 0 Å². The van der Waals surface area contributed by atoms with Gasteiger partial charge in [-0.15, -0.1) is 11.3 Å². The highest BCUT2D eigenvalue weighted by Crippen LogP contribution is 2.22. The van der Waals surface area contributed by atoms with Crippen LogP contribution in [0.4, 0.5) is 0 Å². The molecule has 0 saturated carbocycles. The SMILES string of the molecule is O=C(NC1CCCNC1)c1sccc1Br. The van der Waals surface area contributed by atoms with Gasteiger partial charge < -0.3 is 10.6 Å². The molecule has 1 amide bonds. The molecule has 2 N–H and O–H groups in total. The third-order valence-corrected chi connectivity index (χ3v) is 4.29. The number of nitrogens with one attached hydrogen (secondary N) is 2. The molecule has 82 valence electrons. The fourth-order valence-electron chi connectivity index (χ4n) is 1.68. The summed E-state index contributed by atoms with van der Waals surface area (Å²) in [5, 5.41) is 8.23.